The van der Waals surface area contributed by atoms with E-state index >= 15 is 0 Å². The molecule has 0 spiro atoms. The van der Waals surface area contributed by atoms with Crippen LogP contribution in [0.15, 0.2) is 53.7 Å². The number of carbonyl (C=O) groups excluding carboxylic acids is 3. The molecule has 0 saturated carbocycles. The van der Waals surface area contributed by atoms with E-state index < -0.39 is 6.10 Å². The Hall–Kier alpha value is -3.61. The topological polar surface area (TPSA) is 99.1 Å². The molecule has 7 heteroatoms. The van der Waals surface area contributed by atoms with Crippen molar-refractivity contribution < 1.29 is 33.7 Å². The number of hydrogen-bond donors (Lipinski definition) is 1. The highest BCUT2D eigenvalue weighted by Gasteiger charge is 2.19. The lowest BCUT2D eigenvalue weighted by atomic mass is 9.98. The summed E-state index contributed by atoms with van der Waals surface area (Å²) in [4.78, 5) is 37.6. The molecule has 1 N–H and O–H groups in total. The first kappa shape index (κ1) is 56.4. The van der Waals surface area contributed by atoms with Crippen LogP contribution in [-0.2, 0) is 32.1 Å². The number of allylic oxidation sites excluding steroid dienone is 6. The minimum absolute atomic E-state index is 0.0938. The Morgan fingerprint density at radius 3 is 1.66 bits per heavy atom. The van der Waals surface area contributed by atoms with Crippen molar-refractivity contribution in [3.8, 4) is 11.5 Å². The zero-order chi connectivity index (χ0) is 45.5. The van der Waals surface area contributed by atoms with Crippen molar-refractivity contribution in [2.24, 2.45) is 0 Å². The highest BCUT2D eigenvalue weighted by Crippen LogP contribution is 2.35. The van der Waals surface area contributed by atoms with Gasteiger partial charge in [0.1, 0.15) is 24.2 Å². The molecule has 0 fully saturated rings. The number of esters is 2. The quantitative estimate of drug-likeness (QED) is 0.0304. The summed E-state index contributed by atoms with van der Waals surface area (Å²) in [6, 6.07) is 1.67. The zero-order valence-electron chi connectivity index (χ0n) is 40.5. The number of unbranched alkanes of at least 4 members (excludes halogenated alkanes) is 22. The lowest BCUT2D eigenvalue weighted by Crippen LogP contribution is -2.17. The van der Waals surface area contributed by atoms with Crippen molar-refractivity contribution >= 4 is 18.2 Å². The summed E-state index contributed by atoms with van der Waals surface area (Å²) >= 11 is 0. The Morgan fingerprint density at radius 1 is 0.661 bits per heavy atom. The molecule has 1 unspecified atom stereocenters. The molecule has 0 aliphatic rings. The first-order chi connectivity index (χ1) is 30.2. The standard InChI is InChI=1S/C55H90O7/c1-7-9-11-13-15-17-19-21-23-25-27-29-31-33-35-37-53(57)61-45-48-43-52(60-6)50(55(59)51(48)44-56)40-39-47(5)42-49(41-46(3)4)62-54(58)38-36-34-32-30-28-26-24-22-20-18-16-14-12-10-8-2/h16,18,22,24,39,41,43-44,49,59H,7-15,17,19-21,23,25-38,40,42,45H2,1-6H3/b18-16-,24-22-,47-39?. The van der Waals surface area contributed by atoms with Crippen LogP contribution in [0.1, 0.15) is 242 Å². The third-order valence-electron chi connectivity index (χ3n) is 11.5. The van der Waals surface area contributed by atoms with Crippen LogP contribution >= 0.6 is 0 Å². The van der Waals surface area contributed by atoms with Crippen molar-refractivity contribution in [1.29, 1.82) is 0 Å². The van der Waals surface area contributed by atoms with Gasteiger partial charge in [0.25, 0.3) is 0 Å². The summed E-state index contributed by atoms with van der Waals surface area (Å²) in [6.07, 6.45) is 46.2. The molecule has 0 aliphatic carbocycles. The van der Waals surface area contributed by atoms with Crippen LogP contribution in [0.2, 0.25) is 0 Å². The van der Waals surface area contributed by atoms with Gasteiger partial charge in [0.2, 0.25) is 0 Å². The van der Waals surface area contributed by atoms with Crippen LogP contribution in [-0.4, -0.2) is 36.5 Å². The minimum Gasteiger partial charge on any atom is -0.507 e. The number of phenolic OH excluding ortho intramolecular Hbond substituents is 1. The van der Waals surface area contributed by atoms with E-state index in [1.54, 1.807) is 6.07 Å². The lowest BCUT2D eigenvalue weighted by molar-refractivity contribution is -0.147. The van der Waals surface area contributed by atoms with Crippen molar-refractivity contribution in [1.82, 2.24) is 0 Å². The van der Waals surface area contributed by atoms with E-state index in [0.29, 0.717) is 48.8 Å². The number of aldehydes is 1. The molecule has 0 bridgehead atoms. The molecular weight excluding hydrogens is 773 g/mol. The summed E-state index contributed by atoms with van der Waals surface area (Å²) < 4.78 is 17.1. The number of rotatable bonds is 40. The molecule has 352 valence electrons. The Bertz CT molecular complexity index is 1450. The van der Waals surface area contributed by atoms with Crippen molar-refractivity contribution in [3.05, 3.63) is 70.4 Å². The van der Waals surface area contributed by atoms with E-state index in [9.17, 15) is 19.5 Å². The fourth-order valence-electron chi connectivity index (χ4n) is 7.75. The maximum atomic E-state index is 12.8. The highest BCUT2D eigenvalue weighted by molar-refractivity contribution is 5.84. The van der Waals surface area contributed by atoms with Crippen LogP contribution in [0, 0.1) is 0 Å². The first-order valence-corrected chi connectivity index (χ1v) is 25.0. The highest BCUT2D eigenvalue weighted by atomic mass is 16.5. The zero-order valence-corrected chi connectivity index (χ0v) is 40.5. The molecular formula is C55H90O7. The number of benzene rings is 1. The molecule has 1 aromatic rings. The van der Waals surface area contributed by atoms with Gasteiger partial charge in [-0.25, -0.2) is 0 Å². The third-order valence-corrected chi connectivity index (χ3v) is 11.5. The summed E-state index contributed by atoms with van der Waals surface area (Å²) in [7, 11) is 1.51. The van der Waals surface area contributed by atoms with E-state index in [2.05, 4.69) is 38.2 Å². The van der Waals surface area contributed by atoms with Crippen LogP contribution in [0.3, 0.4) is 0 Å². The molecule has 1 atom stereocenters. The Kier molecular flexibility index (Phi) is 35.5. The number of aromatic hydroxyl groups is 1. The predicted molar refractivity (Wildman–Crippen MR) is 260 cm³/mol. The van der Waals surface area contributed by atoms with Gasteiger partial charge in [0, 0.05) is 30.4 Å². The fourth-order valence-corrected chi connectivity index (χ4v) is 7.75. The second-order valence-corrected chi connectivity index (χ2v) is 17.7. The van der Waals surface area contributed by atoms with Crippen molar-refractivity contribution in [2.45, 2.75) is 240 Å². The van der Waals surface area contributed by atoms with Crippen LogP contribution in [0.4, 0.5) is 0 Å². The van der Waals surface area contributed by atoms with Gasteiger partial charge in [0.05, 0.1) is 12.7 Å². The van der Waals surface area contributed by atoms with Gasteiger partial charge < -0.3 is 19.3 Å². The van der Waals surface area contributed by atoms with E-state index in [1.165, 1.54) is 123 Å². The number of carbonyl (C=O) groups is 3. The Labute approximate surface area is 379 Å². The monoisotopic (exact) mass is 863 g/mol. The summed E-state index contributed by atoms with van der Waals surface area (Å²) in [6.45, 7) is 10.3. The van der Waals surface area contributed by atoms with Crippen LogP contribution in [0.25, 0.3) is 0 Å². The average molecular weight is 863 g/mol. The van der Waals surface area contributed by atoms with Gasteiger partial charge >= 0.3 is 11.9 Å². The molecule has 0 radical (unpaired) electrons. The van der Waals surface area contributed by atoms with E-state index in [4.69, 9.17) is 14.2 Å². The van der Waals surface area contributed by atoms with Crippen molar-refractivity contribution in [3.63, 3.8) is 0 Å². The lowest BCUT2D eigenvalue weighted by Gasteiger charge is -2.17. The van der Waals surface area contributed by atoms with E-state index in [0.717, 1.165) is 62.5 Å². The summed E-state index contributed by atoms with van der Waals surface area (Å²) in [5.74, 6) is -0.265. The van der Waals surface area contributed by atoms with Crippen LogP contribution < -0.4 is 4.74 Å². The molecule has 0 aromatic heterocycles. The summed E-state index contributed by atoms with van der Waals surface area (Å²) in [5.41, 5.74) is 3.01. The molecule has 1 aromatic carbocycles. The van der Waals surface area contributed by atoms with Crippen LogP contribution in [0.5, 0.6) is 11.5 Å². The minimum atomic E-state index is -0.394. The number of ether oxygens (including phenoxy) is 3. The van der Waals surface area contributed by atoms with Gasteiger partial charge in [-0.3, -0.25) is 14.4 Å². The van der Waals surface area contributed by atoms with Gasteiger partial charge in [-0.2, -0.15) is 0 Å². The molecule has 1 rings (SSSR count). The van der Waals surface area contributed by atoms with Gasteiger partial charge in [-0.05, 0) is 84.3 Å². The maximum absolute atomic E-state index is 12.8. The second kappa shape index (κ2) is 39.0. The number of methoxy groups -OCH3 is 1. The van der Waals surface area contributed by atoms with Crippen molar-refractivity contribution in [2.75, 3.05) is 7.11 Å². The van der Waals surface area contributed by atoms with E-state index in [1.807, 2.05) is 32.9 Å². The predicted octanol–water partition coefficient (Wildman–Crippen LogP) is 16.1. The SMILES string of the molecule is CCCCC/C=C\C/C=C\CCCCCCCC(=O)OC(C=C(C)C)CC(C)=CCc1c(OC)cc(COC(=O)CCCCCCCCCCCCCCCCC)c(C=O)c1O. The van der Waals surface area contributed by atoms with Gasteiger partial charge in [0.15, 0.2) is 6.29 Å². The molecule has 62 heavy (non-hydrogen) atoms. The first-order valence-electron chi connectivity index (χ1n) is 25.0. The van der Waals surface area contributed by atoms with E-state index in [-0.39, 0.29) is 29.9 Å². The van der Waals surface area contributed by atoms with Gasteiger partial charge in [-0.1, -0.05) is 177 Å². The second-order valence-electron chi connectivity index (χ2n) is 17.7. The molecule has 7 nitrogen and oxygen atoms in total. The molecule has 0 aliphatic heterocycles. The maximum Gasteiger partial charge on any atom is 0.306 e. The largest absolute Gasteiger partial charge is 0.507 e. The Morgan fingerprint density at radius 2 is 1.15 bits per heavy atom. The smallest absolute Gasteiger partial charge is 0.306 e. The Balaban J connectivity index is 2.48. The molecule has 0 heterocycles. The normalized spacial score (nSPS) is 12.3. The molecule has 0 saturated heterocycles. The average Bonchev–Trinajstić information content (AvgIpc) is 3.24. The molecule has 0 amide bonds. The fraction of sp³-hybridized carbons (Fsp3) is 0.691. The third kappa shape index (κ3) is 29.6. The van der Waals surface area contributed by atoms with Gasteiger partial charge in [-0.15, -0.1) is 0 Å². The number of hydrogen-bond acceptors (Lipinski definition) is 7. The number of phenols is 1. The summed E-state index contributed by atoms with van der Waals surface area (Å²) in [5, 5.41) is 11.2.